The Morgan fingerprint density at radius 2 is 1.75 bits per heavy atom. The molecule has 0 spiro atoms. The normalized spacial score (nSPS) is 12.0. The van der Waals surface area contributed by atoms with E-state index in [9.17, 15) is 14.4 Å². The van der Waals surface area contributed by atoms with E-state index < -0.39 is 29.6 Å². The average Bonchev–Trinajstić information content (AvgIpc) is 2.50. The number of alkyl carbamates (subject to hydrolysis) is 1. The van der Waals surface area contributed by atoms with Gasteiger partial charge in [0.2, 0.25) is 5.91 Å². The number of hydrogen-bond acceptors (Lipinski definition) is 5. The average molecular weight is 336 g/mol. The van der Waals surface area contributed by atoms with Crippen molar-refractivity contribution in [3.8, 4) is 0 Å². The highest BCUT2D eigenvalue weighted by Gasteiger charge is 2.25. The topological polar surface area (TPSA) is 93.7 Å². The largest absolute Gasteiger partial charge is 0.468 e. The van der Waals surface area contributed by atoms with Gasteiger partial charge in [-0.25, -0.2) is 4.79 Å². The van der Waals surface area contributed by atoms with Gasteiger partial charge in [-0.15, -0.1) is 0 Å². The molecule has 1 atom stereocenters. The smallest absolute Gasteiger partial charge is 0.408 e. The Hall–Kier alpha value is -2.57. The molecule has 2 amide bonds. The Morgan fingerprint density at radius 3 is 2.29 bits per heavy atom. The maximum atomic E-state index is 12.3. The molecule has 132 valence electrons. The molecule has 7 nitrogen and oxygen atoms in total. The summed E-state index contributed by atoms with van der Waals surface area (Å²) >= 11 is 0. The number of amides is 2. The van der Waals surface area contributed by atoms with E-state index in [0.29, 0.717) is 0 Å². The lowest BCUT2D eigenvalue weighted by molar-refractivity contribution is -0.141. The number of methoxy groups -OCH3 is 1. The molecule has 1 aromatic rings. The van der Waals surface area contributed by atoms with Crippen LogP contribution in [0, 0.1) is 0 Å². The molecule has 1 rings (SSSR count). The molecule has 1 aromatic carbocycles. The molecule has 0 aliphatic rings. The summed E-state index contributed by atoms with van der Waals surface area (Å²) in [6.07, 6.45) is -0.427. The number of nitrogens with one attached hydrogen (secondary N) is 2. The maximum Gasteiger partial charge on any atom is 0.408 e. The van der Waals surface area contributed by atoms with E-state index in [4.69, 9.17) is 4.74 Å². The summed E-state index contributed by atoms with van der Waals surface area (Å²) < 4.78 is 9.66. The van der Waals surface area contributed by atoms with Crippen molar-refractivity contribution >= 4 is 18.0 Å². The summed E-state index contributed by atoms with van der Waals surface area (Å²) in [5, 5.41) is 4.98. The summed E-state index contributed by atoms with van der Waals surface area (Å²) in [6, 6.07) is 8.36. The quantitative estimate of drug-likeness (QED) is 0.766. The molecule has 0 aliphatic carbocycles. The fourth-order valence-electron chi connectivity index (χ4n) is 1.86. The van der Waals surface area contributed by atoms with Crippen LogP contribution >= 0.6 is 0 Å². The van der Waals surface area contributed by atoms with Crippen molar-refractivity contribution in [1.29, 1.82) is 0 Å². The van der Waals surface area contributed by atoms with Gasteiger partial charge in [-0.2, -0.15) is 0 Å². The Labute approximate surface area is 141 Å². The first-order valence-corrected chi connectivity index (χ1v) is 7.59. The lowest BCUT2D eigenvalue weighted by Gasteiger charge is -2.23. The molecule has 0 heterocycles. The monoisotopic (exact) mass is 336 g/mol. The van der Waals surface area contributed by atoms with Crippen molar-refractivity contribution < 1.29 is 23.9 Å². The third-order valence-electron chi connectivity index (χ3n) is 2.92. The molecule has 0 aliphatic heterocycles. The second-order valence-corrected chi connectivity index (χ2v) is 6.18. The first-order valence-electron chi connectivity index (χ1n) is 7.59. The second kappa shape index (κ2) is 8.90. The first kappa shape index (κ1) is 19.5. The maximum absolute atomic E-state index is 12.3. The molecule has 0 saturated heterocycles. The molecule has 0 radical (unpaired) electrons. The van der Waals surface area contributed by atoms with Crippen LogP contribution in [-0.2, 0) is 25.5 Å². The van der Waals surface area contributed by atoms with Gasteiger partial charge in [-0.1, -0.05) is 30.3 Å². The van der Waals surface area contributed by atoms with Crippen molar-refractivity contribution in [2.45, 2.75) is 38.8 Å². The van der Waals surface area contributed by atoms with Crippen molar-refractivity contribution in [2.24, 2.45) is 0 Å². The fourth-order valence-corrected chi connectivity index (χ4v) is 1.86. The number of ether oxygens (including phenoxy) is 2. The SMILES string of the molecule is COC(=O)CNC(=O)[C@@H](Cc1ccccc1)NC(=O)OC(C)(C)C. The van der Waals surface area contributed by atoms with E-state index in [1.807, 2.05) is 30.3 Å². The molecular formula is C17H24N2O5. The highest BCUT2D eigenvalue weighted by Crippen LogP contribution is 2.08. The van der Waals surface area contributed by atoms with Crippen LogP contribution in [0.15, 0.2) is 30.3 Å². The van der Waals surface area contributed by atoms with Gasteiger partial charge >= 0.3 is 12.1 Å². The van der Waals surface area contributed by atoms with E-state index in [1.165, 1.54) is 7.11 Å². The van der Waals surface area contributed by atoms with Crippen LogP contribution in [0.3, 0.4) is 0 Å². The molecule has 0 aromatic heterocycles. The summed E-state index contributed by atoms with van der Waals surface area (Å²) in [4.78, 5) is 35.4. The molecule has 0 bridgehead atoms. The van der Waals surface area contributed by atoms with E-state index in [0.717, 1.165) is 5.56 Å². The third kappa shape index (κ3) is 7.62. The van der Waals surface area contributed by atoms with Crippen LogP contribution in [0.5, 0.6) is 0 Å². The minimum Gasteiger partial charge on any atom is -0.468 e. The molecule has 24 heavy (non-hydrogen) atoms. The number of esters is 1. The Kier molecular flexibility index (Phi) is 7.23. The van der Waals surface area contributed by atoms with Crippen molar-refractivity contribution in [3.63, 3.8) is 0 Å². The van der Waals surface area contributed by atoms with E-state index in [1.54, 1.807) is 20.8 Å². The van der Waals surface area contributed by atoms with Gasteiger partial charge < -0.3 is 20.1 Å². The zero-order valence-electron chi connectivity index (χ0n) is 14.4. The fraction of sp³-hybridized carbons (Fsp3) is 0.471. The van der Waals surface area contributed by atoms with E-state index >= 15 is 0 Å². The summed E-state index contributed by atoms with van der Waals surface area (Å²) in [7, 11) is 1.23. The van der Waals surface area contributed by atoms with Crippen LogP contribution in [-0.4, -0.2) is 43.3 Å². The minimum atomic E-state index is -0.869. The van der Waals surface area contributed by atoms with Gasteiger partial charge in [0.25, 0.3) is 0 Å². The van der Waals surface area contributed by atoms with E-state index in [2.05, 4.69) is 15.4 Å². The highest BCUT2D eigenvalue weighted by atomic mass is 16.6. The Balaban J connectivity index is 2.76. The van der Waals surface area contributed by atoms with Crippen LogP contribution in [0.1, 0.15) is 26.3 Å². The molecule has 0 fully saturated rings. The van der Waals surface area contributed by atoms with E-state index in [-0.39, 0.29) is 13.0 Å². The van der Waals surface area contributed by atoms with Crippen molar-refractivity contribution in [2.75, 3.05) is 13.7 Å². The first-order chi connectivity index (χ1) is 11.2. The zero-order valence-corrected chi connectivity index (χ0v) is 14.4. The van der Waals surface area contributed by atoms with Crippen molar-refractivity contribution in [1.82, 2.24) is 10.6 Å². The molecule has 2 N–H and O–H groups in total. The summed E-state index contributed by atoms with van der Waals surface area (Å²) in [6.45, 7) is 4.93. The second-order valence-electron chi connectivity index (χ2n) is 6.18. The van der Waals surface area contributed by atoms with Crippen LogP contribution in [0.25, 0.3) is 0 Å². The number of carbonyl (C=O) groups excluding carboxylic acids is 3. The minimum absolute atomic E-state index is 0.267. The van der Waals surface area contributed by atoms with Gasteiger partial charge in [0, 0.05) is 6.42 Å². The van der Waals surface area contributed by atoms with Crippen molar-refractivity contribution in [3.05, 3.63) is 35.9 Å². The van der Waals surface area contributed by atoms with Gasteiger partial charge in [0.05, 0.1) is 7.11 Å². The van der Waals surface area contributed by atoms with Gasteiger partial charge in [0.1, 0.15) is 18.2 Å². The number of hydrogen-bond donors (Lipinski definition) is 2. The Bertz CT molecular complexity index is 566. The molecule has 7 heteroatoms. The van der Waals surface area contributed by atoms with Crippen LogP contribution in [0.4, 0.5) is 4.79 Å². The number of benzene rings is 1. The zero-order chi connectivity index (χ0) is 18.2. The summed E-state index contributed by atoms with van der Waals surface area (Å²) in [5.41, 5.74) is 0.191. The predicted molar refractivity (Wildman–Crippen MR) is 88.3 cm³/mol. The lowest BCUT2D eigenvalue weighted by Crippen LogP contribution is -2.50. The van der Waals surface area contributed by atoms with Gasteiger partial charge in [-0.05, 0) is 26.3 Å². The number of carbonyl (C=O) groups is 3. The number of rotatable bonds is 6. The van der Waals surface area contributed by atoms with Crippen LogP contribution < -0.4 is 10.6 Å². The molecule has 0 unspecified atom stereocenters. The molecular weight excluding hydrogens is 312 g/mol. The van der Waals surface area contributed by atoms with Gasteiger partial charge in [0.15, 0.2) is 0 Å². The molecule has 0 saturated carbocycles. The third-order valence-corrected chi connectivity index (χ3v) is 2.92. The standard InChI is InChI=1S/C17H24N2O5/c1-17(2,3)24-16(22)19-13(10-12-8-6-5-7-9-12)15(21)18-11-14(20)23-4/h5-9,13H,10-11H2,1-4H3,(H,18,21)(H,19,22)/t13-/m1/s1. The highest BCUT2D eigenvalue weighted by molar-refractivity contribution is 5.88. The van der Waals surface area contributed by atoms with Gasteiger partial charge in [-0.3, -0.25) is 9.59 Å². The Morgan fingerprint density at radius 1 is 1.12 bits per heavy atom. The predicted octanol–water partition coefficient (Wildman–Crippen LogP) is 1.41. The lowest BCUT2D eigenvalue weighted by atomic mass is 10.1. The summed E-state index contributed by atoms with van der Waals surface area (Å²) in [5.74, 6) is -1.06. The van der Waals surface area contributed by atoms with Crippen LogP contribution in [0.2, 0.25) is 0 Å².